The molecule has 0 amide bonds. The average molecular weight is 336 g/mol. The van der Waals surface area contributed by atoms with Gasteiger partial charge in [0.05, 0.1) is 23.9 Å². The maximum atomic E-state index is 5.82. The van der Waals surface area contributed by atoms with E-state index in [9.17, 15) is 0 Å². The number of morpholine rings is 1. The Labute approximate surface area is 148 Å². The van der Waals surface area contributed by atoms with Crippen LogP contribution in [0, 0.1) is 0 Å². The fourth-order valence-electron chi connectivity index (χ4n) is 3.55. The highest BCUT2D eigenvalue weighted by Gasteiger charge is 2.22. The lowest BCUT2D eigenvalue weighted by atomic mass is 10.2. The molecule has 2 unspecified atom stereocenters. The van der Waals surface area contributed by atoms with Crippen molar-refractivity contribution in [1.82, 2.24) is 9.78 Å². The average Bonchev–Trinajstić information content (AvgIpc) is 2.95. The van der Waals surface area contributed by atoms with Gasteiger partial charge >= 0.3 is 0 Å². The molecule has 2 aromatic carbocycles. The summed E-state index contributed by atoms with van der Waals surface area (Å²) in [5.41, 5.74) is 4.54. The number of anilines is 3. The number of ether oxygens (including phenoxy) is 1. The number of benzene rings is 2. The van der Waals surface area contributed by atoms with Gasteiger partial charge in [0.1, 0.15) is 0 Å². The van der Waals surface area contributed by atoms with Crippen LogP contribution in [0.15, 0.2) is 48.7 Å². The van der Waals surface area contributed by atoms with Crippen molar-refractivity contribution in [2.75, 3.05) is 23.3 Å². The summed E-state index contributed by atoms with van der Waals surface area (Å²) in [7, 11) is 1.96. The lowest BCUT2D eigenvalue weighted by molar-refractivity contribution is -0.00521. The molecular weight excluding hydrogens is 312 g/mol. The van der Waals surface area contributed by atoms with Gasteiger partial charge in [-0.25, -0.2) is 0 Å². The van der Waals surface area contributed by atoms with Crippen molar-refractivity contribution in [2.45, 2.75) is 26.1 Å². The van der Waals surface area contributed by atoms with Gasteiger partial charge < -0.3 is 15.0 Å². The molecule has 1 aliphatic rings. The zero-order valence-electron chi connectivity index (χ0n) is 14.9. The number of hydrogen-bond donors (Lipinski definition) is 1. The number of aromatic nitrogens is 2. The monoisotopic (exact) mass is 336 g/mol. The number of nitrogens with zero attached hydrogens (tertiary/aromatic N) is 3. The molecule has 0 aliphatic carbocycles. The smallest absolute Gasteiger partial charge is 0.0726 e. The van der Waals surface area contributed by atoms with E-state index in [0.717, 1.165) is 35.4 Å². The lowest BCUT2D eigenvalue weighted by Crippen LogP contribution is -2.45. The van der Waals surface area contributed by atoms with Crippen molar-refractivity contribution in [3.63, 3.8) is 0 Å². The van der Waals surface area contributed by atoms with Gasteiger partial charge in [0.15, 0.2) is 0 Å². The van der Waals surface area contributed by atoms with Crippen LogP contribution in [-0.4, -0.2) is 35.1 Å². The summed E-state index contributed by atoms with van der Waals surface area (Å²) in [6.07, 6.45) is 2.44. The van der Waals surface area contributed by atoms with Crippen molar-refractivity contribution in [1.29, 1.82) is 0 Å². The molecule has 4 rings (SSSR count). The van der Waals surface area contributed by atoms with E-state index in [1.165, 1.54) is 5.69 Å². The minimum atomic E-state index is 0.271. The first-order valence-corrected chi connectivity index (χ1v) is 8.78. The molecule has 1 aromatic heterocycles. The van der Waals surface area contributed by atoms with Crippen molar-refractivity contribution < 1.29 is 4.74 Å². The second kappa shape index (κ2) is 6.41. The summed E-state index contributed by atoms with van der Waals surface area (Å²) in [6, 6.07) is 14.9. The highest BCUT2D eigenvalue weighted by atomic mass is 16.5. The van der Waals surface area contributed by atoms with E-state index < -0.39 is 0 Å². The van der Waals surface area contributed by atoms with E-state index in [0.29, 0.717) is 0 Å². The molecule has 0 saturated carbocycles. The molecule has 0 radical (unpaired) electrons. The molecular formula is C20H24N4O. The Hall–Kier alpha value is -2.53. The highest BCUT2D eigenvalue weighted by molar-refractivity contribution is 5.83. The highest BCUT2D eigenvalue weighted by Crippen LogP contribution is 2.25. The van der Waals surface area contributed by atoms with E-state index in [1.807, 2.05) is 17.9 Å². The van der Waals surface area contributed by atoms with Gasteiger partial charge in [-0.1, -0.05) is 0 Å². The van der Waals surface area contributed by atoms with Crippen molar-refractivity contribution in [3.8, 4) is 0 Å². The Morgan fingerprint density at radius 2 is 1.68 bits per heavy atom. The molecule has 1 saturated heterocycles. The summed E-state index contributed by atoms with van der Waals surface area (Å²) < 4.78 is 7.70. The Morgan fingerprint density at radius 1 is 1.00 bits per heavy atom. The van der Waals surface area contributed by atoms with Gasteiger partial charge in [-0.3, -0.25) is 4.68 Å². The molecule has 1 fully saturated rings. The molecule has 0 spiro atoms. The van der Waals surface area contributed by atoms with Crippen molar-refractivity contribution >= 4 is 28.0 Å². The molecule has 0 bridgehead atoms. The molecule has 130 valence electrons. The zero-order valence-corrected chi connectivity index (χ0v) is 14.9. The molecule has 2 heterocycles. The Kier molecular flexibility index (Phi) is 4.09. The fourth-order valence-corrected chi connectivity index (χ4v) is 3.55. The van der Waals surface area contributed by atoms with Crippen LogP contribution in [0.5, 0.6) is 0 Å². The predicted molar refractivity (Wildman–Crippen MR) is 103 cm³/mol. The Balaban J connectivity index is 1.49. The first-order chi connectivity index (χ1) is 12.1. The van der Waals surface area contributed by atoms with E-state index in [-0.39, 0.29) is 12.2 Å². The Morgan fingerprint density at radius 3 is 2.40 bits per heavy atom. The SMILES string of the molecule is CC1CN(c2ccc(Nc3ccc4c(cnn4C)c3)cc2)CC(C)O1. The number of hydrogen-bond acceptors (Lipinski definition) is 4. The van der Waals surface area contributed by atoms with Gasteiger partial charge in [-0.05, 0) is 56.3 Å². The topological polar surface area (TPSA) is 42.3 Å². The lowest BCUT2D eigenvalue weighted by Gasteiger charge is -2.36. The van der Waals surface area contributed by atoms with Crippen LogP contribution in [0.3, 0.4) is 0 Å². The van der Waals surface area contributed by atoms with Gasteiger partial charge in [-0.15, -0.1) is 0 Å². The van der Waals surface area contributed by atoms with Crippen LogP contribution in [0.2, 0.25) is 0 Å². The largest absolute Gasteiger partial charge is 0.372 e. The van der Waals surface area contributed by atoms with Crippen molar-refractivity contribution in [2.24, 2.45) is 7.05 Å². The first-order valence-electron chi connectivity index (χ1n) is 8.78. The summed E-state index contributed by atoms with van der Waals surface area (Å²) in [5.74, 6) is 0. The van der Waals surface area contributed by atoms with Gasteiger partial charge in [-0.2, -0.15) is 5.10 Å². The van der Waals surface area contributed by atoms with Gasteiger partial charge in [0.2, 0.25) is 0 Å². The minimum Gasteiger partial charge on any atom is -0.372 e. The van der Waals surface area contributed by atoms with E-state index in [1.54, 1.807) is 0 Å². The third-order valence-corrected chi connectivity index (χ3v) is 4.69. The van der Waals surface area contributed by atoms with Gasteiger partial charge in [0, 0.05) is 42.6 Å². The Bertz CT molecular complexity index is 861. The summed E-state index contributed by atoms with van der Waals surface area (Å²) in [4.78, 5) is 2.39. The van der Waals surface area contributed by atoms with E-state index in [4.69, 9.17) is 4.74 Å². The molecule has 25 heavy (non-hydrogen) atoms. The van der Waals surface area contributed by atoms with E-state index in [2.05, 4.69) is 71.6 Å². The number of nitrogens with one attached hydrogen (secondary N) is 1. The fraction of sp³-hybridized carbons (Fsp3) is 0.350. The van der Waals surface area contributed by atoms with Crippen LogP contribution >= 0.6 is 0 Å². The number of rotatable bonds is 3. The molecule has 1 N–H and O–H groups in total. The summed E-state index contributed by atoms with van der Waals surface area (Å²) >= 11 is 0. The van der Waals surface area contributed by atoms with Crippen LogP contribution in [0.25, 0.3) is 10.9 Å². The van der Waals surface area contributed by atoms with E-state index >= 15 is 0 Å². The van der Waals surface area contributed by atoms with Crippen molar-refractivity contribution in [3.05, 3.63) is 48.7 Å². The normalized spacial score (nSPS) is 20.8. The third-order valence-electron chi connectivity index (χ3n) is 4.69. The maximum Gasteiger partial charge on any atom is 0.0726 e. The van der Waals surface area contributed by atoms with Crippen LogP contribution in [-0.2, 0) is 11.8 Å². The zero-order chi connectivity index (χ0) is 17.4. The van der Waals surface area contributed by atoms with Gasteiger partial charge in [0.25, 0.3) is 0 Å². The molecule has 1 aliphatic heterocycles. The molecule has 2 atom stereocenters. The quantitative estimate of drug-likeness (QED) is 0.787. The molecule has 5 nitrogen and oxygen atoms in total. The first kappa shape index (κ1) is 16.0. The van der Waals surface area contributed by atoms with Crippen LogP contribution in [0.1, 0.15) is 13.8 Å². The standard InChI is InChI=1S/C20H24N4O/c1-14-12-24(13-15(2)25-14)19-7-4-17(5-8-19)22-18-6-9-20-16(10-18)11-21-23(20)3/h4-11,14-15,22H,12-13H2,1-3H3. The second-order valence-electron chi connectivity index (χ2n) is 6.88. The number of aryl methyl sites for hydroxylation is 1. The second-order valence-corrected chi connectivity index (χ2v) is 6.88. The molecule has 5 heteroatoms. The molecule has 3 aromatic rings. The summed E-state index contributed by atoms with van der Waals surface area (Å²) in [6.45, 7) is 6.14. The third kappa shape index (κ3) is 3.33. The maximum absolute atomic E-state index is 5.82. The minimum absolute atomic E-state index is 0.271. The summed E-state index contributed by atoms with van der Waals surface area (Å²) in [5, 5.41) is 8.90. The predicted octanol–water partition coefficient (Wildman–Crippen LogP) is 3.93. The number of fused-ring (bicyclic) bond motifs is 1. The van der Waals surface area contributed by atoms with Crippen LogP contribution in [0.4, 0.5) is 17.1 Å². The van der Waals surface area contributed by atoms with Crippen LogP contribution < -0.4 is 10.2 Å².